The van der Waals surface area contributed by atoms with Crippen LogP contribution in [0.3, 0.4) is 0 Å². The number of hydrogen-bond donors (Lipinski definition) is 1. The highest BCUT2D eigenvalue weighted by atomic mass is 35.5. The summed E-state index contributed by atoms with van der Waals surface area (Å²) in [7, 11) is 0. The monoisotopic (exact) mass is 292 g/mol. The van der Waals surface area contributed by atoms with E-state index in [-0.39, 0.29) is 6.04 Å². The van der Waals surface area contributed by atoms with Crippen LogP contribution in [0, 0.1) is 6.92 Å². The molecule has 19 heavy (non-hydrogen) atoms. The Morgan fingerprint density at radius 3 is 2.89 bits per heavy atom. The van der Waals surface area contributed by atoms with Crippen molar-refractivity contribution in [3.05, 3.63) is 45.4 Å². The smallest absolute Gasteiger partial charge is 0.192 e. The number of hydrogen-bond acceptors (Lipinski definition) is 4. The van der Waals surface area contributed by atoms with Gasteiger partial charge in [-0.05, 0) is 37.3 Å². The van der Waals surface area contributed by atoms with Gasteiger partial charge in [-0.3, -0.25) is 0 Å². The van der Waals surface area contributed by atoms with Gasteiger partial charge in [-0.25, -0.2) is 4.98 Å². The number of benzene rings is 1. The second-order valence-electron chi connectivity index (χ2n) is 4.42. The average Bonchev–Trinajstić information content (AvgIpc) is 2.93. The zero-order chi connectivity index (χ0) is 13.4. The van der Waals surface area contributed by atoms with Crippen LogP contribution in [0.2, 0.25) is 4.34 Å². The van der Waals surface area contributed by atoms with Crippen molar-refractivity contribution in [2.24, 2.45) is 0 Å². The molecule has 0 spiro atoms. The molecule has 3 nitrogen and oxygen atoms in total. The summed E-state index contributed by atoms with van der Waals surface area (Å²) in [6, 6.07) is 10.1. The second-order valence-corrected chi connectivity index (χ2v) is 6.17. The topological polar surface area (TPSA) is 38.1 Å². The van der Waals surface area contributed by atoms with Gasteiger partial charge in [-0.15, -0.1) is 11.3 Å². The number of aromatic nitrogens is 1. The van der Waals surface area contributed by atoms with E-state index >= 15 is 0 Å². The van der Waals surface area contributed by atoms with E-state index in [0.29, 0.717) is 5.89 Å². The molecule has 0 saturated carbocycles. The van der Waals surface area contributed by atoms with Crippen molar-refractivity contribution in [2.75, 3.05) is 5.32 Å². The minimum absolute atomic E-state index is 0.211. The average molecular weight is 293 g/mol. The Morgan fingerprint density at radius 1 is 1.32 bits per heavy atom. The van der Waals surface area contributed by atoms with Gasteiger partial charge in [0.1, 0.15) is 5.52 Å². The predicted molar refractivity (Wildman–Crippen MR) is 80.1 cm³/mol. The Morgan fingerprint density at radius 2 is 2.16 bits per heavy atom. The lowest BCUT2D eigenvalue weighted by Gasteiger charge is -2.13. The number of nitrogens with one attached hydrogen (secondary N) is 1. The van der Waals surface area contributed by atoms with Crippen molar-refractivity contribution in [3.63, 3.8) is 0 Å². The molecule has 98 valence electrons. The van der Waals surface area contributed by atoms with Crippen molar-refractivity contribution in [3.8, 4) is 0 Å². The van der Waals surface area contributed by atoms with Crippen molar-refractivity contribution in [1.82, 2.24) is 4.98 Å². The van der Waals surface area contributed by atoms with Gasteiger partial charge in [-0.1, -0.05) is 11.6 Å². The molecule has 0 aliphatic carbocycles. The summed E-state index contributed by atoms with van der Waals surface area (Å²) in [4.78, 5) is 5.54. The molecule has 0 saturated heterocycles. The Labute approximate surface area is 120 Å². The summed E-state index contributed by atoms with van der Waals surface area (Å²) < 4.78 is 6.27. The van der Waals surface area contributed by atoms with Crippen molar-refractivity contribution < 1.29 is 4.42 Å². The van der Waals surface area contributed by atoms with E-state index in [1.165, 1.54) is 4.88 Å². The Kier molecular flexibility index (Phi) is 3.21. The number of aryl methyl sites for hydroxylation is 1. The van der Waals surface area contributed by atoms with Gasteiger partial charge < -0.3 is 9.73 Å². The fourth-order valence-electron chi connectivity index (χ4n) is 2.01. The standard InChI is InChI=1S/C14H13ClN2OS/c1-8(13-5-6-14(15)19-13)16-10-3-4-12-11(7-10)17-9(2)18-12/h3-8,16H,1-2H3. The van der Waals surface area contributed by atoms with Gasteiger partial charge in [-0.2, -0.15) is 0 Å². The highest BCUT2D eigenvalue weighted by Crippen LogP contribution is 2.29. The Balaban J connectivity index is 1.84. The first kappa shape index (κ1) is 12.5. The van der Waals surface area contributed by atoms with Crippen LogP contribution in [0.5, 0.6) is 0 Å². The third kappa shape index (κ3) is 2.60. The van der Waals surface area contributed by atoms with Gasteiger partial charge >= 0.3 is 0 Å². The van der Waals surface area contributed by atoms with Crippen LogP contribution < -0.4 is 5.32 Å². The van der Waals surface area contributed by atoms with Crippen LogP contribution in [0.15, 0.2) is 34.7 Å². The number of rotatable bonds is 3. The number of halogens is 1. The predicted octanol–water partition coefficient (Wildman–Crippen LogP) is 5.02. The summed E-state index contributed by atoms with van der Waals surface area (Å²) in [6.07, 6.45) is 0. The zero-order valence-electron chi connectivity index (χ0n) is 10.6. The number of nitrogens with zero attached hydrogens (tertiary/aromatic N) is 1. The molecular formula is C14H13ClN2OS. The molecule has 0 radical (unpaired) electrons. The van der Waals surface area contributed by atoms with Crippen LogP contribution in [0.25, 0.3) is 11.1 Å². The maximum atomic E-state index is 5.96. The zero-order valence-corrected chi connectivity index (χ0v) is 12.2. The van der Waals surface area contributed by atoms with Gasteiger partial charge in [0.2, 0.25) is 0 Å². The molecule has 0 aliphatic rings. The lowest BCUT2D eigenvalue weighted by molar-refractivity contribution is 0.561. The molecule has 5 heteroatoms. The third-order valence-corrected chi connectivity index (χ3v) is 4.31. The highest BCUT2D eigenvalue weighted by molar-refractivity contribution is 7.16. The minimum Gasteiger partial charge on any atom is -0.441 e. The SMILES string of the molecule is Cc1nc2cc(NC(C)c3ccc(Cl)s3)ccc2o1. The first-order valence-electron chi connectivity index (χ1n) is 6.01. The molecule has 1 unspecified atom stereocenters. The van der Waals surface area contributed by atoms with E-state index in [0.717, 1.165) is 21.1 Å². The van der Waals surface area contributed by atoms with Crippen LogP contribution in [-0.4, -0.2) is 4.98 Å². The molecule has 3 aromatic rings. The lowest BCUT2D eigenvalue weighted by atomic mass is 10.2. The maximum absolute atomic E-state index is 5.96. The first-order valence-corrected chi connectivity index (χ1v) is 7.20. The summed E-state index contributed by atoms with van der Waals surface area (Å²) >= 11 is 7.55. The van der Waals surface area contributed by atoms with Crippen LogP contribution in [0.4, 0.5) is 5.69 Å². The number of oxazole rings is 1. The van der Waals surface area contributed by atoms with E-state index in [2.05, 4.69) is 17.2 Å². The number of thiophene rings is 1. The molecule has 2 heterocycles. The molecule has 3 rings (SSSR count). The summed E-state index contributed by atoms with van der Waals surface area (Å²) in [5, 5.41) is 3.44. The lowest BCUT2D eigenvalue weighted by Crippen LogP contribution is -2.04. The van der Waals surface area contributed by atoms with Crippen LogP contribution in [-0.2, 0) is 0 Å². The highest BCUT2D eigenvalue weighted by Gasteiger charge is 2.09. The Hall–Kier alpha value is -1.52. The quantitative estimate of drug-likeness (QED) is 0.736. The summed E-state index contributed by atoms with van der Waals surface area (Å²) in [5.41, 5.74) is 2.71. The van der Waals surface area contributed by atoms with Gasteiger partial charge in [0, 0.05) is 17.5 Å². The van der Waals surface area contributed by atoms with E-state index in [1.807, 2.05) is 37.3 Å². The molecule has 0 fully saturated rings. The summed E-state index contributed by atoms with van der Waals surface area (Å²) in [6.45, 7) is 3.96. The van der Waals surface area contributed by atoms with Gasteiger partial charge in [0.25, 0.3) is 0 Å². The number of fused-ring (bicyclic) bond motifs is 1. The molecule has 1 atom stereocenters. The fourth-order valence-corrected chi connectivity index (χ4v) is 3.08. The van der Waals surface area contributed by atoms with Gasteiger partial charge in [0.15, 0.2) is 11.5 Å². The van der Waals surface area contributed by atoms with Crippen LogP contribution in [0.1, 0.15) is 23.7 Å². The fraction of sp³-hybridized carbons (Fsp3) is 0.214. The first-order chi connectivity index (χ1) is 9.11. The molecule has 0 amide bonds. The molecule has 0 bridgehead atoms. The minimum atomic E-state index is 0.211. The molecule has 0 aliphatic heterocycles. The van der Waals surface area contributed by atoms with E-state index < -0.39 is 0 Å². The van der Waals surface area contributed by atoms with Crippen molar-refractivity contribution >= 4 is 39.7 Å². The van der Waals surface area contributed by atoms with Crippen molar-refractivity contribution in [2.45, 2.75) is 19.9 Å². The molecule has 2 aromatic heterocycles. The Bertz CT molecular complexity index is 719. The second kappa shape index (κ2) is 4.87. The summed E-state index contributed by atoms with van der Waals surface area (Å²) in [5.74, 6) is 0.685. The molecule has 1 aromatic carbocycles. The van der Waals surface area contributed by atoms with E-state index in [1.54, 1.807) is 11.3 Å². The van der Waals surface area contributed by atoms with E-state index in [9.17, 15) is 0 Å². The van der Waals surface area contributed by atoms with Crippen LogP contribution >= 0.6 is 22.9 Å². The largest absolute Gasteiger partial charge is 0.441 e. The number of anilines is 1. The third-order valence-electron chi connectivity index (χ3n) is 2.90. The normalized spacial score (nSPS) is 12.8. The molecule has 1 N–H and O–H groups in total. The van der Waals surface area contributed by atoms with Crippen molar-refractivity contribution in [1.29, 1.82) is 0 Å². The van der Waals surface area contributed by atoms with Gasteiger partial charge in [0.05, 0.1) is 10.4 Å². The maximum Gasteiger partial charge on any atom is 0.192 e. The van der Waals surface area contributed by atoms with E-state index in [4.69, 9.17) is 16.0 Å². The molecular weight excluding hydrogens is 280 g/mol.